The van der Waals surface area contributed by atoms with E-state index < -0.39 is 32.7 Å². The molecule has 3 rings (SSSR count). The van der Waals surface area contributed by atoms with Gasteiger partial charge in [-0.15, -0.1) is 0 Å². The van der Waals surface area contributed by atoms with Gasteiger partial charge in [-0.2, -0.15) is 0 Å². The molecule has 15 heteroatoms. The van der Waals surface area contributed by atoms with Gasteiger partial charge in [0.05, 0.1) is 43.2 Å². The summed E-state index contributed by atoms with van der Waals surface area (Å²) in [6, 6.07) is 12.4. The minimum atomic E-state index is -4.19. The highest BCUT2D eigenvalue weighted by molar-refractivity contribution is 7.91. The number of amides is 1. The van der Waals surface area contributed by atoms with Crippen molar-refractivity contribution in [1.82, 2.24) is 10.5 Å². The lowest BCUT2D eigenvalue weighted by Gasteiger charge is -2.12. The number of esters is 2. The van der Waals surface area contributed by atoms with Crippen LogP contribution in [0.3, 0.4) is 0 Å². The SMILES string of the molecule is COc1cc(CNC(=O)CCCCCCC(C)C)ccc1OC(=O)CCC(=O)OCCCCCCOc1no[n+]([O-])c1S(=O)(=O)c1ccccc1. The Bertz CT molecular complexity index is 1640. The lowest BCUT2D eigenvalue weighted by molar-refractivity contribution is -0.832. The lowest BCUT2D eigenvalue weighted by Crippen LogP contribution is -2.30. The van der Waals surface area contributed by atoms with Crippen LogP contribution in [0.5, 0.6) is 17.4 Å². The number of hydrogen-bond acceptors (Lipinski definition) is 12. The van der Waals surface area contributed by atoms with Gasteiger partial charge >= 0.3 is 22.8 Å². The first-order valence-corrected chi connectivity index (χ1v) is 18.8. The first-order chi connectivity index (χ1) is 24.5. The number of methoxy groups -OCH3 is 1. The molecule has 3 aromatic rings. The molecular weight excluding hydrogens is 682 g/mol. The average molecular weight is 732 g/mol. The number of nitrogens with one attached hydrogen (secondary N) is 1. The number of rotatable bonds is 24. The predicted molar refractivity (Wildman–Crippen MR) is 185 cm³/mol. The summed E-state index contributed by atoms with van der Waals surface area (Å²) in [4.78, 5) is 36.5. The van der Waals surface area contributed by atoms with Gasteiger partial charge in [0.2, 0.25) is 5.91 Å². The number of carbonyl (C=O) groups is 3. The first-order valence-electron chi connectivity index (χ1n) is 17.3. The number of carbonyl (C=O) groups excluding carboxylic acids is 3. The summed E-state index contributed by atoms with van der Waals surface area (Å²) in [5.41, 5.74) is 0.795. The molecule has 0 radical (unpaired) electrons. The molecule has 0 fully saturated rings. The number of benzene rings is 2. The summed E-state index contributed by atoms with van der Waals surface area (Å²) in [7, 11) is -2.73. The summed E-state index contributed by atoms with van der Waals surface area (Å²) >= 11 is 0. The monoisotopic (exact) mass is 731 g/mol. The number of sulfone groups is 1. The Kier molecular flexibility index (Phi) is 17.2. The van der Waals surface area contributed by atoms with Crippen molar-refractivity contribution >= 4 is 27.7 Å². The van der Waals surface area contributed by atoms with Crippen LogP contribution < -0.4 is 24.4 Å². The molecule has 0 saturated heterocycles. The predicted octanol–water partition coefficient (Wildman–Crippen LogP) is 5.63. The molecule has 0 atom stereocenters. The molecule has 51 heavy (non-hydrogen) atoms. The molecule has 1 heterocycles. The van der Waals surface area contributed by atoms with Crippen molar-refractivity contribution in [2.45, 2.75) is 107 Å². The minimum Gasteiger partial charge on any atom is -0.493 e. The Labute approximate surface area is 299 Å². The van der Waals surface area contributed by atoms with Gasteiger partial charge in [0.1, 0.15) is 0 Å². The molecule has 280 valence electrons. The van der Waals surface area contributed by atoms with Crippen LogP contribution in [0.4, 0.5) is 0 Å². The van der Waals surface area contributed by atoms with E-state index in [1.54, 1.807) is 24.3 Å². The van der Waals surface area contributed by atoms with Crippen LogP contribution in [-0.4, -0.2) is 51.7 Å². The van der Waals surface area contributed by atoms with Crippen molar-refractivity contribution in [3.05, 3.63) is 59.3 Å². The van der Waals surface area contributed by atoms with Crippen LogP contribution >= 0.6 is 0 Å². The van der Waals surface area contributed by atoms with Crippen LogP contribution in [0.1, 0.15) is 96.5 Å². The van der Waals surface area contributed by atoms with Gasteiger partial charge in [-0.1, -0.05) is 63.8 Å². The summed E-state index contributed by atoms with van der Waals surface area (Å²) in [5, 5.41) is 17.6. The highest BCUT2D eigenvalue weighted by Gasteiger charge is 2.35. The van der Waals surface area contributed by atoms with E-state index >= 15 is 0 Å². The molecule has 0 saturated carbocycles. The number of hydrogen-bond donors (Lipinski definition) is 1. The maximum Gasteiger partial charge on any atom is 0.414 e. The third-order valence-electron chi connectivity index (χ3n) is 7.81. The van der Waals surface area contributed by atoms with Crippen molar-refractivity contribution in [2.24, 2.45) is 5.92 Å². The van der Waals surface area contributed by atoms with E-state index in [1.807, 2.05) is 0 Å². The molecule has 0 aliphatic heterocycles. The second-order valence-corrected chi connectivity index (χ2v) is 14.3. The lowest BCUT2D eigenvalue weighted by atomic mass is 10.0. The molecule has 1 amide bonds. The fourth-order valence-electron chi connectivity index (χ4n) is 4.99. The number of nitrogens with zero attached hydrogens (tertiary/aromatic N) is 2. The molecule has 14 nitrogen and oxygen atoms in total. The molecular formula is C36H49N3O11S. The van der Waals surface area contributed by atoms with Crippen molar-refractivity contribution in [3.63, 3.8) is 0 Å². The smallest absolute Gasteiger partial charge is 0.414 e. The summed E-state index contributed by atoms with van der Waals surface area (Å²) in [6.45, 7) is 5.01. The van der Waals surface area contributed by atoms with Crippen LogP contribution in [0.15, 0.2) is 63.1 Å². The zero-order chi connectivity index (χ0) is 37.1. The van der Waals surface area contributed by atoms with Gasteiger partial charge < -0.3 is 29.5 Å². The van der Waals surface area contributed by atoms with Crippen molar-refractivity contribution in [2.75, 3.05) is 20.3 Å². The highest BCUT2D eigenvalue weighted by atomic mass is 32.2. The average Bonchev–Trinajstić information content (AvgIpc) is 3.50. The molecule has 2 aromatic carbocycles. The van der Waals surface area contributed by atoms with E-state index in [2.05, 4.69) is 28.9 Å². The van der Waals surface area contributed by atoms with E-state index in [0.29, 0.717) is 50.3 Å². The standard InChI is InChI=1S/C36H49N3O11S/c1-27(2)15-9-4-5-12-18-32(40)37-26-28-19-20-30(31(25-28)46-3)49-34(42)22-21-33(41)47-23-13-6-7-14-24-48-35-36(39(43)50-38-35)51(44,45)29-16-10-8-11-17-29/h8,10-11,16-17,19-20,25,27H,4-7,9,12-15,18,21-24,26H2,1-3H3,(H,37,40). The van der Waals surface area contributed by atoms with Gasteiger partial charge in [-0.25, -0.2) is 8.42 Å². The van der Waals surface area contributed by atoms with Crippen molar-refractivity contribution < 1.29 is 51.3 Å². The highest BCUT2D eigenvalue weighted by Crippen LogP contribution is 2.29. The largest absolute Gasteiger partial charge is 0.493 e. The van der Waals surface area contributed by atoms with E-state index in [-0.39, 0.29) is 47.5 Å². The first kappa shape index (κ1) is 40.8. The fraction of sp³-hybridized carbons (Fsp3) is 0.528. The molecule has 1 aromatic heterocycles. The van der Waals surface area contributed by atoms with Gasteiger partial charge in [0.15, 0.2) is 11.5 Å². The van der Waals surface area contributed by atoms with Crippen LogP contribution in [-0.2, 0) is 35.5 Å². The van der Waals surface area contributed by atoms with E-state index in [9.17, 15) is 28.0 Å². The Morgan fingerprint density at radius 1 is 0.863 bits per heavy atom. The quantitative estimate of drug-likeness (QED) is 0.0519. The normalized spacial score (nSPS) is 11.3. The number of unbranched alkanes of at least 4 members (excludes halogenated alkanes) is 6. The van der Waals surface area contributed by atoms with Crippen LogP contribution in [0, 0.1) is 11.1 Å². The topological polar surface area (TPSA) is 187 Å². The summed E-state index contributed by atoms with van der Waals surface area (Å²) in [5.74, 6) is -0.323. The van der Waals surface area contributed by atoms with E-state index in [0.717, 1.165) is 24.8 Å². The molecule has 1 N–H and O–H groups in total. The zero-order valence-electron chi connectivity index (χ0n) is 29.6. The van der Waals surface area contributed by atoms with E-state index in [4.69, 9.17) is 18.9 Å². The maximum atomic E-state index is 12.8. The second-order valence-electron chi connectivity index (χ2n) is 12.4. The molecule has 0 aliphatic carbocycles. The Balaban J connectivity index is 1.27. The van der Waals surface area contributed by atoms with Gasteiger partial charge in [0, 0.05) is 13.0 Å². The van der Waals surface area contributed by atoms with Crippen LogP contribution in [0.25, 0.3) is 0 Å². The molecule has 0 unspecified atom stereocenters. The summed E-state index contributed by atoms with van der Waals surface area (Å²) in [6.07, 6.45) is 8.04. The van der Waals surface area contributed by atoms with Crippen molar-refractivity contribution in [3.8, 4) is 17.4 Å². The molecule has 0 aliphatic rings. The molecule has 0 bridgehead atoms. The fourth-order valence-corrected chi connectivity index (χ4v) is 6.28. The number of ether oxygens (including phenoxy) is 4. The van der Waals surface area contributed by atoms with Gasteiger partial charge in [-0.05, 0) is 72.8 Å². The Morgan fingerprint density at radius 3 is 2.27 bits per heavy atom. The third kappa shape index (κ3) is 14.2. The van der Waals surface area contributed by atoms with E-state index in [1.165, 1.54) is 44.2 Å². The second kappa shape index (κ2) is 21.5. The van der Waals surface area contributed by atoms with Gasteiger partial charge in [0.25, 0.3) is 9.84 Å². The van der Waals surface area contributed by atoms with Crippen molar-refractivity contribution in [1.29, 1.82) is 0 Å². The van der Waals surface area contributed by atoms with Gasteiger partial charge in [-0.3, -0.25) is 19.0 Å². The Morgan fingerprint density at radius 2 is 1.55 bits per heavy atom. The third-order valence-corrected chi connectivity index (χ3v) is 9.53. The minimum absolute atomic E-state index is 0.0106. The summed E-state index contributed by atoms with van der Waals surface area (Å²) < 4.78 is 51.5. The maximum absolute atomic E-state index is 12.8. The zero-order valence-corrected chi connectivity index (χ0v) is 30.4. The Hall–Kier alpha value is -4.66. The molecule has 0 spiro atoms. The van der Waals surface area contributed by atoms with Crippen LogP contribution in [0.2, 0.25) is 0 Å². The number of aromatic nitrogens is 2.